The molecule has 0 aromatic heterocycles. The molecule has 0 spiro atoms. The van der Waals surface area contributed by atoms with Gasteiger partial charge in [0.15, 0.2) is 0 Å². The second kappa shape index (κ2) is 6.11. The molecule has 3 heteroatoms. The Bertz CT molecular complexity index is 314. The number of unbranched alkanes of at least 4 members (excludes halogenated alkanes) is 1. The Balaban J connectivity index is 2.76. The van der Waals surface area contributed by atoms with Gasteiger partial charge in [-0.1, -0.05) is 41.8 Å². The predicted molar refractivity (Wildman–Crippen MR) is 64.1 cm³/mol. The molecule has 1 nitrogen and oxygen atoms in total. The minimum Gasteiger partial charge on any atom is -0.497 e. The summed E-state index contributed by atoms with van der Waals surface area (Å²) in [4.78, 5) is 0.100. The van der Waals surface area contributed by atoms with E-state index in [9.17, 15) is 4.39 Å². The van der Waals surface area contributed by atoms with Crippen LogP contribution in [0, 0.1) is 5.82 Å². The number of hydrogen-bond acceptors (Lipinski definition) is 1. The average molecular weight is 275 g/mol. The van der Waals surface area contributed by atoms with Crippen molar-refractivity contribution in [1.82, 2.24) is 0 Å². The van der Waals surface area contributed by atoms with Gasteiger partial charge in [-0.25, -0.2) is 4.39 Å². The van der Waals surface area contributed by atoms with E-state index in [0.717, 1.165) is 19.3 Å². The lowest BCUT2D eigenvalue weighted by Gasteiger charge is -2.11. The average Bonchev–Trinajstić information content (AvgIpc) is 2.25. The summed E-state index contributed by atoms with van der Waals surface area (Å²) >= 11 is 3.50. The molecule has 1 aromatic carbocycles. The van der Waals surface area contributed by atoms with Gasteiger partial charge in [0, 0.05) is 16.5 Å². The fraction of sp³-hybridized carbons (Fsp3) is 0.500. The molecule has 1 rings (SSSR count). The highest BCUT2D eigenvalue weighted by molar-refractivity contribution is 9.09. The van der Waals surface area contributed by atoms with E-state index < -0.39 is 0 Å². The monoisotopic (exact) mass is 274 g/mol. The molecule has 0 amide bonds. The van der Waals surface area contributed by atoms with Gasteiger partial charge in [-0.3, -0.25) is 0 Å². The summed E-state index contributed by atoms with van der Waals surface area (Å²) in [6.45, 7) is 2.13. The van der Waals surface area contributed by atoms with Gasteiger partial charge in [0.2, 0.25) is 0 Å². The fourth-order valence-corrected chi connectivity index (χ4v) is 2.12. The lowest BCUT2D eigenvalue weighted by Crippen LogP contribution is -1.95. The molecule has 0 bridgehead atoms. The van der Waals surface area contributed by atoms with Crippen LogP contribution in [0.2, 0.25) is 0 Å². The SMILES string of the molecule is CCCCC(Br)c1ccc(OC)cc1F. The molecule has 0 saturated carbocycles. The van der Waals surface area contributed by atoms with Crippen molar-refractivity contribution < 1.29 is 9.13 Å². The summed E-state index contributed by atoms with van der Waals surface area (Å²) in [6.07, 6.45) is 3.18. The standard InChI is InChI=1S/C12H16BrFO/c1-3-4-5-11(13)10-7-6-9(15-2)8-12(10)14/h6-8,11H,3-5H2,1-2H3. The van der Waals surface area contributed by atoms with Crippen LogP contribution in [0.25, 0.3) is 0 Å². The van der Waals surface area contributed by atoms with Crippen LogP contribution in [-0.2, 0) is 0 Å². The first-order valence-corrected chi connectivity index (χ1v) is 6.08. The number of alkyl halides is 1. The Hall–Kier alpha value is -0.570. The second-order valence-electron chi connectivity index (χ2n) is 3.50. The van der Waals surface area contributed by atoms with Crippen LogP contribution in [0.15, 0.2) is 18.2 Å². The molecule has 84 valence electrons. The minimum atomic E-state index is -0.202. The summed E-state index contributed by atoms with van der Waals surface area (Å²) in [5.41, 5.74) is 0.712. The van der Waals surface area contributed by atoms with Crippen molar-refractivity contribution in [2.75, 3.05) is 7.11 Å². The van der Waals surface area contributed by atoms with E-state index in [0.29, 0.717) is 11.3 Å². The maximum Gasteiger partial charge on any atom is 0.131 e. The van der Waals surface area contributed by atoms with Crippen LogP contribution in [0.1, 0.15) is 36.6 Å². The third kappa shape index (κ3) is 3.49. The van der Waals surface area contributed by atoms with Crippen molar-refractivity contribution in [2.45, 2.75) is 31.0 Å². The van der Waals surface area contributed by atoms with Crippen LogP contribution >= 0.6 is 15.9 Å². The molecule has 0 radical (unpaired) electrons. The van der Waals surface area contributed by atoms with E-state index in [4.69, 9.17) is 4.74 Å². The number of benzene rings is 1. The lowest BCUT2D eigenvalue weighted by atomic mass is 10.1. The van der Waals surface area contributed by atoms with Crippen LogP contribution < -0.4 is 4.74 Å². The van der Waals surface area contributed by atoms with E-state index in [1.54, 1.807) is 12.1 Å². The number of halogens is 2. The van der Waals surface area contributed by atoms with E-state index in [1.165, 1.54) is 13.2 Å². The Morgan fingerprint density at radius 2 is 2.20 bits per heavy atom. The minimum absolute atomic E-state index is 0.100. The van der Waals surface area contributed by atoms with Gasteiger partial charge in [-0.2, -0.15) is 0 Å². The topological polar surface area (TPSA) is 9.23 Å². The highest BCUT2D eigenvalue weighted by Gasteiger charge is 2.12. The molecule has 15 heavy (non-hydrogen) atoms. The van der Waals surface area contributed by atoms with Gasteiger partial charge in [0.05, 0.1) is 7.11 Å². The van der Waals surface area contributed by atoms with Crippen molar-refractivity contribution in [3.8, 4) is 5.75 Å². The first kappa shape index (κ1) is 12.5. The zero-order chi connectivity index (χ0) is 11.3. The molecule has 0 aliphatic heterocycles. The molecule has 0 N–H and O–H groups in total. The fourth-order valence-electron chi connectivity index (χ4n) is 1.43. The quantitative estimate of drug-likeness (QED) is 0.721. The summed E-state index contributed by atoms with van der Waals surface area (Å²) in [6, 6.07) is 5.00. The number of methoxy groups -OCH3 is 1. The van der Waals surface area contributed by atoms with E-state index in [-0.39, 0.29) is 10.6 Å². The van der Waals surface area contributed by atoms with Gasteiger partial charge >= 0.3 is 0 Å². The van der Waals surface area contributed by atoms with Gasteiger partial charge < -0.3 is 4.74 Å². The molecule has 0 saturated heterocycles. The molecular weight excluding hydrogens is 259 g/mol. The van der Waals surface area contributed by atoms with Crippen LogP contribution in [0.4, 0.5) is 4.39 Å². The molecule has 0 heterocycles. The van der Waals surface area contributed by atoms with Gasteiger partial charge in [0.25, 0.3) is 0 Å². The van der Waals surface area contributed by atoms with E-state index in [2.05, 4.69) is 22.9 Å². The third-order valence-corrected chi connectivity index (χ3v) is 3.31. The van der Waals surface area contributed by atoms with Crippen molar-refractivity contribution in [3.05, 3.63) is 29.6 Å². The first-order valence-electron chi connectivity index (χ1n) is 5.16. The van der Waals surface area contributed by atoms with E-state index in [1.807, 2.05) is 0 Å². The Morgan fingerprint density at radius 1 is 1.47 bits per heavy atom. The molecule has 0 aliphatic carbocycles. The second-order valence-corrected chi connectivity index (χ2v) is 4.60. The van der Waals surface area contributed by atoms with Gasteiger partial charge in [-0.15, -0.1) is 0 Å². The normalized spacial score (nSPS) is 12.5. The van der Waals surface area contributed by atoms with Crippen LogP contribution in [0.3, 0.4) is 0 Å². The summed E-state index contributed by atoms with van der Waals surface area (Å²) < 4.78 is 18.6. The number of hydrogen-bond donors (Lipinski definition) is 0. The molecule has 0 fully saturated rings. The van der Waals surface area contributed by atoms with Gasteiger partial charge in [-0.05, 0) is 12.5 Å². The highest BCUT2D eigenvalue weighted by Crippen LogP contribution is 2.31. The molecule has 1 unspecified atom stereocenters. The largest absolute Gasteiger partial charge is 0.497 e. The summed E-state index contributed by atoms with van der Waals surface area (Å²) in [7, 11) is 1.54. The van der Waals surface area contributed by atoms with Crippen LogP contribution in [0.5, 0.6) is 5.75 Å². The zero-order valence-corrected chi connectivity index (χ0v) is 10.7. The Kier molecular flexibility index (Phi) is 5.09. The van der Waals surface area contributed by atoms with E-state index >= 15 is 0 Å². The van der Waals surface area contributed by atoms with Crippen molar-refractivity contribution in [2.24, 2.45) is 0 Å². The van der Waals surface area contributed by atoms with Crippen molar-refractivity contribution >= 4 is 15.9 Å². The molecular formula is C12H16BrFO. The molecule has 0 aliphatic rings. The first-order chi connectivity index (χ1) is 7.19. The zero-order valence-electron chi connectivity index (χ0n) is 9.09. The maximum atomic E-state index is 13.6. The van der Waals surface area contributed by atoms with Crippen LogP contribution in [-0.4, -0.2) is 7.11 Å². The third-order valence-electron chi connectivity index (χ3n) is 2.36. The van der Waals surface area contributed by atoms with Crippen molar-refractivity contribution in [1.29, 1.82) is 0 Å². The Morgan fingerprint density at radius 3 is 2.73 bits per heavy atom. The highest BCUT2D eigenvalue weighted by atomic mass is 79.9. The summed E-state index contributed by atoms with van der Waals surface area (Å²) in [5, 5.41) is 0. The molecule has 1 atom stereocenters. The molecule has 1 aromatic rings. The van der Waals surface area contributed by atoms with Gasteiger partial charge in [0.1, 0.15) is 11.6 Å². The Labute approximate surface area is 98.8 Å². The van der Waals surface area contributed by atoms with Crippen molar-refractivity contribution in [3.63, 3.8) is 0 Å². The number of rotatable bonds is 5. The smallest absolute Gasteiger partial charge is 0.131 e. The maximum absolute atomic E-state index is 13.6. The predicted octanol–water partition coefficient (Wildman–Crippen LogP) is 4.46. The number of ether oxygens (including phenoxy) is 1. The lowest BCUT2D eigenvalue weighted by molar-refractivity contribution is 0.410. The summed E-state index contributed by atoms with van der Waals surface area (Å²) in [5.74, 6) is 0.360.